The Kier molecular flexibility index (Phi) is 7.82. The van der Waals surface area contributed by atoms with Crippen molar-refractivity contribution in [1.29, 1.82) is 0 Å². The Labute approximate surface area is 232 Å². The zero-order valence-corrected chi connectivity index (χ0v) is 23.4. The molecule has 3 aliphatic rings. The maximum Gasteiger partial charge on any atom is 0.410 e. The standard InChI is InChI=1S/C29H32F2N3O5P/c1-18-28(20-6-7-21(30)17-40(2,31)16-20)39-29(38)34(18)15-24-22(8-10-26(32-24)33-12-3-13-33)23-14-19(4-9-25(23)35)5-11-27(36)37/h4,6-10,14,17-18,20,28H,3,5,11-13,15-16H2,1-2H3,(H-,35,36,37)/p+1/t18-,20?,28?,40?/m0/s1. The number of nitrogens with zero attached hydrogens (tertiary/aromatic N) is 3. The second-order valence-electron chi connectivity index (χ2n) is 10.8. The van der Waals surface area contributed by atoms with E-state index in [1.165, 1.54) is 23.7 Å². The number of halogens is 2. The second kappa shape index (κ2) is 11.2. The van der Waals surface area contributed by atoms with E-state index < -0.39 is 43.5 Å². The van der Waals surface area contributed by atoms with E-state index in [0.717, 1.165) is 36.7 Å². The summed E-state index contributed by atoms with van der Waals surface area (Å²) in [5.41, 5.74) is 2.40. The van der Waals surface area contributed by atoms with Crippen molar-refractivity contribution >= 4 is 25.5 Å². The fourth-order valence-corrected chi connectivity index (χ4v) is 7.34. The number of ether oxygens (including phenoxy) is 1. The van der Waals surface area contributed by atoms with Crippen LogP contribution < -0.4 is 4.90 Å². The predicted octanol–water partition coefficient (Wildman–Crippen LogP) is 5.92. The highest BCUT2D eigenvalue weighted by Gasteiger charge is 2.48. The Morgan fingerprint density at radius 1 is 1.23 bits per heavy atom. The lowest BCUT2D eigenvalue weighted by molar-refractivity contribution is -0.136. The SMILES string of the molecule is C[C@H]1C(C2C=CC(F)=C[P+](C)(F)C2)OC(=O)N1Cc1nc(N2CCC2)ccc1-c1cc(CCC(=O)O)ccc1O. The molecule has 0 saturated carbocycles. The lowest BCUT2D eigenvalue weighted by atomic mass is 9.96. The number of pyridine rings is 1. The summed E-state index contributed by atoms with van der Waals surface area (Å²) in [7, 11) is -3.15. The number of rotatable bonds is 8. The van der Waals surface area contributed by atoms with Crippen molar-refractivity contribution in [2.45, 2.75) is 44.9 Å². The van der Waals surface area contributed by atoms with E-state index in [9.17, 15) is 19.1 Å². The van der Waals surface area contributed by atoms with Crippen LogP contribution in [0.2, 0.25) is 0 Å². The Bertz CT molecular complexity index is 1380. The molecule has 2 fully saturated rings. The lowest BCUT2D eigenvalue weighted by Crippen LogP contribution is -2.39. The van der Waals surface area contributed by atoms with Crippen molar-refractivity contribution in [3.63, 3.8) is 0 Å². The first kappa shape index (κ1) is 28.0. The molecular formula is C29H33F2N3O5P+. The van der Waals surface area contributed by atoms with E-state index in [1.807, 2.05) is 19.1 Å². The van der Waals surface area contributed by atoms with Crippen LogP contribution >= 0.6 is 7.57 Å². The highest BCUT2D eigenvalue weighted by Crippen LogP contribution is 2.62. The van der Waals surface area contributed by atoms with Crippen LogP contribution in [0.4, 0.5) is 19.2 Å². The number of amides is 1. The van der Waals surface area contributed by atoms with Crippen LogP contribution in [0.5, 0.6) is 5.75 Å². The van der Waals surface area contributed by atoms with Gasteiger partial charge in [0.1, 0.15) is 29.7 Å². The van der Waals surface area contributed by atoms with Gasteiger partial charge in [0, 0.05) is 30.6 Å². The summed E-state index contributed by atoms with van der Waals surface area (Å²) < 4.78 is 34.8. The second-order valence-corrected chi connectivity index (χ2v) is 13.7. The number of carbonyl (C=O) groups excluding carboxylic acids is 1. The fourth-order valence-electron chi connectivity index (χ4n) is 5.48. The van der Waals surface area contributed by atoms with E-state index in [0.29, 0.717) is 23.2 Å². The van der Waals surface area contributed by atoms with Gasteiger partial charge in [0.25, 0.3) is 0 Å². The third-order valence-corrected chi connectivity index (χ3v) is 9.68. The van der Waals surface area contributed by atoms with Gasteiger partial charge in [-0.05, 0) is 55.7 Å². The third-order valence-electron chi connectivity index (χ3n) is 7.76. The minimum absolute atomic E-state index is 0.0121. The van der Waals surface area contributed by atoms with Gasteiger partial charge in [-0.25, -0.2) is 14.2 Å². The van der Waals surface area contributed by atoms with Gasteiger partial charge in [-0.15, -0.1) is 0 Å². The number of anilines is 1. The van der Waals surface area contributed by atoms with E-state index in [2.05, 4.69) is 4.90 Å². The molecule has 3 aliphatic heterocycles. The summed E-state index contributed by atoms with van der Waals surface area (Å²) in [6.07, 6.45) is 3.00. The number of cyclic esters (lactones) is 1. The topological polar surface area (TPSA) is 103 Å². The van der Waals surface area contributed by atoms with Gasteiger partial charge in [-0.1, -0.05) is 16.3 Å². The quantitative estimate of drug-likeness (QED) is 0.379. The van der Waals surface area contributed by atoms with Gasteiger partial charge in [0.15, 0.2) is 5.83 Å². The molecule has 0 bridgehead atoms. The van der Waals surface area contributed by atoms with Crippen molar-refractivity contribution in [3.05, 3.63) is 65.4 Å². The highest BCUT2D eigenvalue weighted by molar-refractivity contribution is 7.73. The van der Waals surface area contributed by atoms with Crippen LogP contribution in [-0.2, 0) is 22.5 Å². The largest absolute Gasteiger partial charge is 0.507 e. The molecule has 3 unspecified atom stereocenters. The average Bonchev–Trinajstić information content (AvgIpc) is 3.04. The van der Waals surface area contributed by atoms with Crippen LogP contribution in [0.25, 0.3) is 11.1 Å². The number of aromatic nitrogens is 1. The minimum Gasteiger partial charge on any atom is -0.507 e. The first-order valence-electron chi connectivity index (χ1n) is 13.4. The Morgan fingerprint density at radius 3 is 2.70 bits per heavy atom. The molecule has 4 heterocycles. The van der Waals surface area contributed by atoms with Crippen molar-refractivity contribution < 1.29 is 33.1 Å². The minimum atomic E-state index is -3.15. The molecule has 8 nitrogen and oxygen atoms in total. The lowest BCUT2D eigenvalue weighted by Gasteiger charge is -2.33. The van der Waals surface area contributed by atoms with E-state index in [1.54, 1.807) is 18.2 Å². The number of carbonyl (C=O) groups is 2. The van der Waals surface area contributed by atoms with Crippen LogP contribution in [0.3, 0.4) is 0 Å². The van der Waals surface area contributed by atoms with Crippen molar-refractivity contribution in [2.75, 3.05) is 30.8 Å². The molecule has 1 aromatic heterocycles. The normalized spacial score (nSPS) is 26.2. The molecule has 0 aliphatic carbocycles. The number of phenolic OH excluding ortho intramolecular Hbond substituents is 1. The number of hydrogen-bond donors (Lipinski definition) is 2. The molecule has 5 rings (SSSR count). The number of aliphatic carboxylic acids is 1. The van der Waals surface area contributed by atoms with Gasteiger partial charge in [-0.3, -0.25) is 9.69 Å². The van der Waals surface area contributed by atoms with E-state index in [-0.39, 0.29) is 24.9 Å². The summed E-state index contributed by atoms with van der Waals surface area (Å²) in [6, 6.07) is 8.26. The Hall–Kier alpha value is -3.52. The molecule has 4 atom stereocenters. The van der Waals surface area contributed by atoms with Crippen molar-refractivity contribution in [2.24, 2.45) is 5.92 Å². The third kappa shape index (κ3) is 5.97. The fraction of sp³-hybridized carbons (Fsp3) is 0.414. The summed E-state index contributed by atoms with van der Waals surface area (Å²) in [4.78, 5) is 32.8. The zero-order valence-electron chi connectivity index (χ0n) is 22.5. The Morgan fingerprint density at radius 2 is 2.00 bits per heavy atom. The smallest absolute Gasteiger partial charge is 0.410 e. The zero-order chi connectivity index (χ0) is 28.6. The number of carboxylic acids is 1. The maximum atomic E-state index is 15.1. The average molecular weight is 573 g/mol. The first-order valence-corrected chi connectivity index (χ1v) is 15.8. The van der Waals surface area contributed by atoms with Gasteiger partial charge in [0.05, 0.1) is 30.9 Å². The molecule has 1 aromatic carbocycles. The van der Waals surface area contributed by atoms with Gasteiger partial charge in [-0.2, -0.15) is 0 Å². The maximum absolute atomic E-state index is 15.1. The van der Waals surface area contributed by atoms with Crippen LogP contribution in [0.15, 0.2) is 54.1 Å². The molecule has 0 radical (unpaired) electrons. The number of aromatic hydroxyl groups is 1. The summed E-state index contributed by atoms with van der Waals surface area (Å²) in [5, 5.41) is 19.9. The number of allylic oxidation sites excluding steroid dienone is 2. The number of benzene rings is 1. The molecule has 2 saturated heterocycles. The molecule has 1 amide bonds. The van der Waals surface area contributed by atoms with Gasteiger partial charge in [0.2, 0.25) is 7.57 Å². The summed E-state index contributed by atoms with van der Waals surface area (Å²) in [6.45, 7) is 5.07. The molecule has 11 heteroatoms. The first-order chi connectivity index (χ1) is 19.0. The summed E-state index contributed by atoms with van der Waals surface area (Å²) in [5.74, 6) is -0.183. The molecule has 0 spiro atoms. The van der Waals surface area contributed by atoms with E-state index >= 15 is 4.20 Å². The molecule has 2 aromatic rings. The number of aryl methyl sites for hydroxylation is 1. The molecule has 2 N–H and O–H groups in total. The highest BCUT2D eigenvalue weighted by atomic mass is 31.2. The molecular weight excluding hydrogens is 539 g/mol. The van der Waals surface area contributed by atoms with Crippen molar-refractivity contribution in [3.8, 4) is 16.9 Å². The van der Waals surface area contributed by atoms with Crippen LogP contribution in [-0.4, -0.2) is 70.2 Å². The van der Waals surface area contributed by atoms with Gasteiger partial charge < -0.3 is 19.8 Å². The van der Waals surface area contributed by atoms with Crippen LogP contribution in [0, 0.1) is 5.92 Å². The number of phenols is 1. The molecule has 40 heavy (non-hydrogen) atoms. The predicted molar refractivity (Wildman–Crippen MR) is 150 cm³/mol. The van der Waals surface area contributed by atoms with Crippen LogP contribution in [0.1, 0.15) is 31.0 Å². The number of hydrogen-bond acceptors (Lipinski definition) is 6. The number of carboxylic acid groups (broad SMARTS) is 1. The Balaban J connectivity index is 1.46. The monoisotopic (exact) mass is 572 g/mol. The van der Waals surface area contributed by atoms with Crippen molar-refractivity contribution in [1.82, 2.24) is 9.88 Å². The van der Waals surface area contributed by atoms with E-state index in [4.69, 9.17) is 14.8 Å². The van der Waals surface area contributed by atoms with Gasteiger partial charge >= 0.3 is 12.1 Å². The summed E-state index contributed by atoms with van der Waals surface area (Å²) >= 11 is 0. The molecule has 212 valence electrons.